The molecule has 17 heavy (non-hydrogen) atoms. The normalized spacial score (nSPS) is 11.0. The molecule has 0 amide bonds. The minimum Gasteiger partial charge on any atom is -0.396 e. The number of nitriles is 1. The zero-order valence-electron chi connectivity index (χ0n) is 10.00. The minimum atomic E-state index is -0.0249. The van der Waals surface area contributed by atoms with E-state index in [4.69, 9.17) is 22.0 Å². The van der Waals surface area contributed by atoms with Gasteiger partial charge in [0, 0.05) is 13.2 Å². The molecule has 0 saturated carbocycles. The summed E-state index contributed by atoms with van der Waals surface area (Å²) in [4.78, 5) is 4.09. The number of nitrogens with one attached hydrogen (secondary N) is 1. The fraction of sp³-hybridized carbons (Fsp3) is 0.500. The number of aliphatic hydroxyl groups excluding tert-OH is 1. The van der Waals surface area contributed by atoms with Crippen LogP contribution in [0.1, 0.15) is 26.0 Å². The van der Waals surface area contributed by atoms with Crippen molar-refractivity contribution in [3.63, 3.8) is 0 Å². The molecule has 0 spiro atoms. The van der Waals surface area contributed by atoms with Crippen LogP contribution in [-0.2, 0) is 0 Å². The molecule has 0 radical (unpaired) electrons. The Morgan fingerprint density at radius 3 is 2.82 bits per heavy atom. The second-order valence-electron chi connectivity index (χ2n) is 4.63. The Morgan fingerprint density at radius 1 is 1.53 bits per heavy atom. The zero-order chi connectivity index (χ0) is 12.9. The van der Waals surface area contributed by atoms with Crippen LogP contribution in [0.15, 0.2) is 12.1 Å². The molecule has 2 N–H and O–H groups in total. The number of nitrogens with zero attached hydrogens (tertiary/aromatic N) is 2. The first-order valence-electron chi connectivity index (χ1n) is 5.40. The molecule has 0 fully saturated rings. The first-order chi connectivity index (χ1) is 7.98. The first-order valence-corrected chi connectivity index (χ1v) is 5.78. The van der Waals surface area contributed by atoms with Gasteiger partial charge >= 0.3 is 0 Å². The van der Waals surface area contributed by atoms with Gasteiger partial charge in [0.05, 0.1) is 5.02 Å². The summed E-state index contributed by atoms with van der Waals surface area (Å²) in [6, 6.07) is 5.32. The number of rotatable bonds is 5. The molecule has 92 valence electrons. The molecule has 0 aliphatic heterocycles. The van der Waals surface area contributed by atoms with Crippen molar-refractivity contribution in [2.75, 3.05) is 18.5 Å². The molecular formula is C12H16ClN3O. The lowest BCUT2D eigenvalue weighted by molar-refractivity contribution is 0.220. The molecule has 0 atom stereocenters. The second-order valence-corrected chi connectivity index (χ2v) is 5.04. The summed E-state index contributed by atoms with van der Waals surface area (Å²) < 4.78 is 0. The highest BCUT2D eigenvalue weighted by molar-refractivity contribution is 6.31. The number of aromatic nitrogens is 1. The summed E-state index contributed by atoms with van der Waals surface area (Å²) in [6.07, 6.45) is 0.707. The number of pyridine rings is 1. The average Bonchev–Trinajstić information content (AvgIpc) is 2.28. The molecule has 1 rings (SSSR count). The van der Waals surface area contributed by atoms with Crippen LogP contribution in [0.25, 0.3) is 0 Å². The lowest BCUT2D eigenvalue weighted by Gasteiger charge is -2.24. The van der Waals surface area contributed by atoms with Crippen LogP contribution in [-0.4, -0.2) is 23.2 Å². The summed E-state index contributed by atoms with van der Waals surface area (Å²) in [5, 5.41) is 21.2. The highest BCUT2D eigenvalue weighted by atomic mass is 35.5. The third kappa shape index (κ3) is 4.22. The molecule has 0 unspecified atom stereocenters. The van der Waals surface area contributed by atoms with Gasteiger partial charge in [-0.3, -0.25) is 0 Å². The van der Waals surface area contributed by atoms with Gasteiger partial charge in [-0.1, -0.05) is 25.4 Å². The lowest BCUT2D eigenvalue weighted by atomic mass is 9.90. The van der Waals surface area contributed by atoms with Crippen molar-refractivity contribution in [2.24, 2.45) is 5.41 Å². The molecule has 0 saturated heterocycles. The molecule has 0 aliphatic rings. The van der Waals surface area contributed by atoms with Gasteiger partial charge in [0.25, 0.3) is 0 Å². The lowest BCUT2D eigenvalue weighted by Crippen LogP contribution is -2.24. The molecule has 1 aromatic heterocycles. The second kappa shape index (κ2) is 5.85. The number of halogens is 1. The first kappa shape index (κ1) is 13.8. The van der Waals surface area contributed by atoms with Crippen molar-refractivity contribution in [3.8, 4) is 6.07 Å². The third-order valence-corrected chi connectivity index (χ3v) is 2.79. The summed E-state index contributed by atoms with van der Waals surface area (Å²) in [7, 11) is 0. The Hall–Kier alpha value is -1.31. The van der Waals surface area contributed by atoms with Crippen LogP contribution in [0.5, 0.6) is 0 Å². The van der Waals surface area contributed by atoms with Crippen LogP contribution in [0, 0.1) is 16.7 Å². The largest absolute Gasteiger partial charge is 0.396 e. The van der Waals surface area contributed by atoms with Gasteiger partial charge in [-0.2, -0.15) is 5.26 Å². The van der Waals surface area contributed by atoms with E-state index >= 15 is 0 Å². The molecule has 4 nitrogen and oxygen atoms in total. The quantitative estimate of drug-likeness (QED) is 0.846. The Labute approximate surface area is 106 Å². The van der Waals surface area contributed by atoms with Crippen LogP contribution >= 0.6 is 11.6 Å². The number of hydrogen-bond donors (Lipinski definition) is 2. The van der Waals surface area contributed by atoms with E-state index in [1.54, 1.807) is 12.1 Å². The summed E-state index contributed by atoms with van der Waals surface area (Å²) in [6.45, 7) is 4.94. The van der Waals surface area contributed by atoms with E-state index in [1.165, 1.54) is 0 Å². The molecule has 1 aromatic rings. The highest BCUT2D eigenvalue weighted by Crippen LogP contribution is 2.21. The molecule has 0 aromatic carbocycles. The highest BCUT2D eigenvalue weighted by Gasteiger charge is 2.17. The van der Waals surface area contributed by atoms with Crippen LogP contribution in [0.3, 0.4) is 0 Å². The molecule has 0 bridgehead atoms. The van der Waals surface area contributed by atoms with E-state index < -0.39 is 0 Å². The molecular weight excluding hydrogens is 238 g/mol. The molecule has 5 heteroatoms. The van der Waals surface area contributed by atoms with E-state index in [0.29, 0.717) is 23.8 Å². The third-order valence-electron chi connectivity index (χ3n) is 2.49. The Morgan fingerprint density at radius 2 is 2.24 bits per heavy atom. The van der Waals surface area contributed by atoms with Crippen molar-refractivity contribution in [1.29, 1.82) is 5.26 Å². The van der Waals surface area contributed by atoms with Crippen LogP contribution < -0.4 is 5.32 Å². The van der Waals surface area contributed by atoms with Crippen LogP contribution in [0.2, 0.25) is 5.02 Å². The van der Waals surface area contributed by atoms with Crippen molar-refractivity contribution in [1.82, 2.24) is 4.98 Å². The maximum atomic E-state index is 8.91. The Bertz CT molecular complexity index is 426. The fourth-order valence-electron chi connectivity index (χ4n) is 1.34. The van der Waals surface area contributed by atoms with E-state index in [2.05, 4.69) is 24.1 Å². The van der Waals surface area contributed by atoms with E-state index in [9.17, 15) is 0 Å². The predicted octanol–water partition coefficient (Wildman–Crippen LogP) is 2.43. The van der Waals surface area contributed by atoms with Gasteiger partial charge in [-0.15, -0.1) is 0 Å². The number of aliphatic hydroxyl groups is 1. The van der Waals surface area contributed by atoms with Gasteiger partial charge in [0.15, 0.2) is 5.69 Å². The van der Waals surface area contributed by atoms with Gasteiger partial charge in [-0.05, 0) is 24.0 Å². The topological polar surface area (TPSA) is 68.9 Å². The van der Waals surface area contributed by atoms with E-state index in [1.807, 2.05) is 6.07 Å². The van der Waals surface area contributed by atoms with Gasteiger partial charge < -0.3 is 10.4 Å². The van der Waals surface area contributed by atoms with E-state index in [0.717, 1.165) is 0 Å². The fourth-order valence-corrected chi connectivity index (χ4v) is 1.49. The Kier molecular flexibility index (Phi) is 4.73. The van der Waals surface area contributed by atoms with Gasteiger partial charge in [0.1, 0.15) is 11.9 Å². The number of anilines is 1. The monoisotopic (exact) mass is 253 g/mol. The summed E-state index contributed by atoms with van der Waals surface area (Å²) in [5.41, 5.74) is 0.194. The smallest absolute Gasteiger partial charge is 0.161 e. The molecule has 0 aliphatic carbocycles. The number of hydrogen-bond acceptors (Lipinski definition) is 4. The average molecular weight is 254 g/mol. The Balaban J connectivity index is 2.67. The zero-order valence-corrected chi connectivity index (χ0v) is 10.8. The predicted molar refractivity (Wildman–Crippen MR) is 67.9 cm³/mol. The van der Waals surface area contributed by atoms with E-state index in [-0.39, 0.29) is 17.7 Å². The standard InChI is InChI=1S/C12H16ClN3O/c1-12(2,5-6-17)8-15-11-4-3-9(13)10(7-14)16-11/h3-4,17H,5-6,8H2,1-2H3,(H,15,16). The maximum Gasteiger partial charge on any atom is 0.161 e. The van der Waals surface area contributed by atoms with Crippen molar-refractivity contribution in [2.45, 2.75) is 20.3 Å². The van der Waals surface area contributed by atoms with Crippen molar-refractivity contribution in [3.05, 3.63) is 22.8 Å². The van der Waals surface area contributed by atoms with Gasteiger partial charge in [-0.25, -0.2) is 4.98 Å². The summed E-state index contributed by atoms with van der Waals surface area (Å²) >= 11 is 5.79. The summed E-state index contributed by atoms with van der Waals surface area (Å²) in [5.74, 6) is 0.622. The SMILES string of the molecule is CC(C)(CCO)CNc1ccc(Cl)c(C#N)n1. The van der Waals surface area contributed by atoms with Crippen molar-refractivity contribution >= 4 is 17.4 Å². The minimum absolute atomic E-state index is 0.0249. The maximum absolute atomic E-state index is 8.91. The van der Waals surface area contributed by atoms with Crippen LogP contribution in [0.4, 0.5) is 5.82 Å². The van der Waals surface area contributed by atoms with Crippen molar-refractivity contribution < 1.29 is 5.11 Å². The molecule has 1 heterocycles. The van der Waals surface area contributed by atoms with Gasteiger partial charge in [0.2, 0.25) is 0 Å².